The molecule has 5 heteroatoms. The minimum Gasteiger partial charge on any atom is -0.342 e. The lowest BCUT2D eigenvalue weighted by molar-refractivity contribution is -0.141. The summed E-state index contributed by atoms with van der Waals surface area (Å²) in [6, 6.07) is 21.7. The molecule has 4 heterocycles. The molecule has 5 nitrogen and oxygen atoms in total. The molecule has 3 aliphatic rings. The van der Waals surface area contributed by atoms with Crippen molar-refractivity contribution in [1.29, 1.82) is 0 Å². The number of fused-ring (bicyclic) bond motifs is 3. The number of aryl methyl sites for hydroxylation is 1. The highest BCUT2D eigenvalue weighted by Gasteiger charge is 2.44. The summed E-state index contributed by atoms with van der Waals surface area (Å²) in [5.41, 5.74) is 3.73. The lowest BCUT2D eigenvalue weighted by atomic mass is 9.70. The molecule has 0 radical (unpaired) electrons. The van der Waals surface area contributed by atoms with Crippen LogP contribution in [0.2, 0.25) is 0 Å². The van der Waals surface area contributed by atoms with E-state index in [0.29, 0.717) is 24.0 Å². The summed E-state index contributed by atoms with van der Waals surface area (Å²) >= 11 is 0. The van der Waals surface area contributed by atoms with Crippen molar-refractivity contribution in [2.45, 2.75) is 96.2 Å². The van der Waals surface area contributed by atoms with Crippen LogP contribution in [0.15, 0.2) is 54.6 Å². The van der Waals surface area contributed by atoms with E-state index in [1.54, 1.807) is 0 Å². The topological polar surface area (TPSA) is 41.4 Å². The third-order valence-electron chi connectivity index (χ3n) is 9.88. The summed E-state index contributed by atoms with van der Waals surface area (Å²) in [5, 5.41) is 0. The number of hydrogen-bond acceptors (Lipinski definition) is 3. The Hall–Kier alpha value is -2.66. The predicted molar refractivity (Wildman–Crippen MR) is 154 cm³/mol. The molecule has 0 spiro atoms. The van der Waals surface area contributed by atoms with Gasteiger partial charge in [-0.25, -0.2) is 4.98 Å². The van der Waals surface area contributed by atoms with Crippen molar-refractivity contribution in [2.75, 3.05) is 19.6 Å². The second-order valence-corrected chi connectivity index (χ2v) is 13.2. The Morgan fingerprint density at radius 3 is 2.21 bits per heavy atom. The molecular weight excluding hydrogens is 468 g/mol. The highest BCUT2D eigenvalue weighted by atomic mass is 16.2. The van der Waals surface area contributed by atoms with Crippen LogP contribution in [0.1, 0.15) is 83.1 Å². The average Bonchev–Trinajstić information content (AvgIpc) is 3.38. The van der Waals surface area contributed by atoms with Crippen LogP contribution in [0.3, 0.4) is 0 Å². The number of nitrogens with zero attached hydrogens (tertiary/aromatic N) is 4. The molecule has 3 atom stereocenters. The summed E-state index contributed by atoms with van der Waals surface area (Å²) in [4.78, 5) is 22.9. The third kappa shape index (κ3) is 4.57. The van der Waals surface area contributed by atoms with Gasteiger partial charge in [0.05, 0.1) is 11.0 Å². The molecule has 6 rings (SSSR count). The molecule has 2 bridgehead atoms. The molecule has 3 aliphatic heterocycles. The molecule has 1 aromatic heterocycles. The average molecular weight is 513 g/mol. The normalized spacial score (nSPS) is 25.7. The van der Waals surface area contributed by atoms with E-state index in [9.17, 15) is 4.79 Å². The molecule has 3 saturated heterocycles. The van der Waals surface area contributed by atoms with Crippen molar-refractivity contribution >= 4 is 16.9 Å². The summed E-state index contributed by atoms with van der Waals surface area (Å²) < 4.78 is 2.53. The van der Waals surface area contributed by atoms with Crippen LogP contribution >= 0.6 is 0 Å². The summed E-state index contributed by atoms with van der Waals surface area (Å²) in [6.07, 6.45) is 8.39. The fourth-order valence-corrected chi connectivity index (χ4v) is 7.88. The molecule has 3 fully saturated rings. The first-order valence-corrected chi connectivity index (χ1v) is 14.8. The Bertz CT molecular complexity index is 1270. The molecule has 2 aromatic carbocycles. The Labute approximate surface area is 228 Å². The first kappa shape index (κ1) is 25.6. The van der Waals surface area contributed by atoms with Gasteiger partial charge in [0, 0.05) is 36.6 Å². The highest BCUT2D eigenvalue weighted by molar-refractivity contribution is 5.81. The highest BCUT2D eigenvalue weighted by Crippen LogP contribution is 2.45. The fourth-order valence-electron chi connectivity index (χ4n) is 7.88. The zero-order valence-electron chi connectivity index (χ0n) is 23.7. The molecule has 0 aliphatic carbocycles. The summed E-state index contributed by atoms with van der Waals surface area (Å²) in [5.74, 6) is 1.45. The van der Waals surface area contributed by atoms with E-state index in [1.807, 2.05) is 20.8 Å². The minimum atomic E-state index is -0.310. The molecule has 0 unspecified atom stereocenters. The zero-order valence-corrected chi connectivity index (χ0v) is 23.7. The number of benzene rings is 2. The molecule has 0 saturated carbocycles. The standard InChI is InChI=1S/C33H44N4O/c1-24-34-29-12-8-9-13-30(29)37(24)28-22-26-14-15-27(23-28)36(26)21-18-33(25-10-6-5-7-11-25)16-19-35(20-17-33)31(38)32(2,3)4/h5-13,26-28H,14-23H2,1-4H3/t26-,27+,28-. The Balaban J connectivity index is 1.17. The van der Waals surface area contributed by atoms with Gasteiger partial charge in [0.15, 0.2) is 0 Å². The van der Waals surface area contributed by atoms with Gasteiger partial charge in [0.2, 0.25) is 5.91 Å². The number of imidazole rings is 1. The number of rotatable bonds is 5. The molecule has 3 aromatic rings. The van der Waals surface area contributed by atoms with Crippen LogP contribution in [0, 0.1) is 12.3 Å². The van der Waals surface area contributed by atoms with E-state index in [1.165, 1.54) is 43.2 Å². The van der Waals surface area contributed by atoms with E-state index < -0.39 is 0 Å². The van der Waals surface area contributed by atoms with Crippen molar-refractivity contribution in [3.05, 3.63) is 66.0 Å². The van der Waals surface area contributed by atoms with E-state index in [0.717, 1.165) is 43.8 Å². The van der Waals surface area contributed by atoms with Gasteiger partial charge in [-0.2, -0.15) is 0 Å². The third-order valence-corrected chi connectivity index (χ3v) is 9.88. The zero-order chi connectivity index (χ0) is 26.5. The number of carbonyl (C=O) groups is 1. The van der Waals surface area contributed by atoms with E-state index in [2.05, 4.69) is 75.9 Å². The van der Waals surface area contributed by atoms with E-state index in [-0.39, 0.29) is 10.8 Å². The number of likely N-dealkylation sites (tertiary alicyclic amines) is 1. The number of piperidine rings is 2. The van der Waals surface area contributed by atoms with Crippen LogP contribution in [-0.2, 0) is 10.2 Å². The second-order valence-electron chi connectivity index (χ2n) is 13.2. The van der Waals surface area contributed by atoms with Crippen LogP contribution in [0.25, 0.3) is 11.0 Å². The Morgan fingerprint density at radius 2 is 1.55 bits per heavy atom. The van der Waals surface area contributed by atoms with Gasteiger partial charge in [-0.05, 0) is 81.5 Å². The van der Waals surface area contributed by atoms with E-state index >= 15 is 0 Å². The van der Waals surface area contributed by atoms with Crippen LogP contribution in [0.5, 0.6) is 0 Å². The van der Waals surface area contributed by atoms with Gasteiger partial charge in [-0.1, -0.05) is 63.2 Å². The minimum absolute atomic E-state index is 0.156. The van der Waals surface area contributed by atoms with Gasteiger partial charge in [0.1, 0.15) is 5.82 Å². The van der Waals surface area contributed by atoms with Gasteiger partial charge in [-0.15, -0.1) is 0 Å². The van der Waals surface area contributed by atoms with Crippen LogP contribution < -0.4 is 0 Å². The Kier molecular flexibility index (Phi) is 6.62. The number of hydrogen-bond donors (Lipinski definition) is 0. The second kappa shape index (κ2) is 9.82. The van der Waals surface area contributed by atoms with Crippen molar-refractivity contribution in [3.8, 4) is 0 Å². The quantitative estimate of drug-likeness (QED) is 0.391. The molecule has 0 N–H and O–H groups in total. The van der Waals surface area contributed by atoms with Gasteiger partial charge >= 0.3 is 0 Å². The first-order valence-electron chi connectivity index (χ1n) is 14.8. The van der Waals surface area contributed by atoms with E-state index in [4.69, 9.17) is 4.98 Å². The van der Waals surface area contributed by atoms with Gasteiger partial charge in [-0.3, -0.25) is 9.69 Å². The molecule has 1 amide bonds. The van der Waals surface area contributed by atoms with Crippen LogP contribution in [-0.4, -0.2) is 57.0 Å². The summed E-state index contributed by atoms with van der Waals surface area (Å²) in [7, 11) is 0. The lowest BCUT2D eigenvalue weighted by Gasteiger charge is -2.46. The first-order chi connectivity index (χ1) is 18.2. The number of aromatic nitrogens is 2. The number of carbonyl (C=O) groups excluding carboxylic acids is 1. The van der Waals surface area contributed by atoms with Crippen molar-refractivity contribution in [3.63, 3.8) is 0 Å². The smallest absolute Gasteiger partial charge is 0.227 e. The van der Waals surface area contributed by atoms with Crippen LogP contribution in [0.4, 0.5) is 0 Å². The van der Waals surface area contributed by atoms with Gasteiger partial charge in [0.25, 0.3) is 0 Å². The summed E-state index contributed by atoms with van der Waals surface area (Å²) in [6.45, 7) is 11.2. The maximum Gasteiger partial charge on any atom is 0.227 e. The Morgan fingerprint density at radius 1 is 0.921 bits per heavy atom. The number of amides is 1. The van der Waals surface area contributed by atoms with Crippen molar-refractivity contribution in [2.24, 2.45) is 5.41 Å². The number of para-hydroxylation sites is 2. The fraction of sp³-hybridized carbons (Fsp3) is 0.576. The maximum absolute atomic E-state index is 13.0. The monoisotopic (exact) mass is 512 g/mol. The predicted octanol–water partition coefficient (Wildman–Crippen LogP) is 6.51. The molecular formula is C33H44N4O. The maximum atomic E-state index is 13.0. The molecule has 38 heavy (non-hydrogen) atoms. The van der Waals surface area contributed by atoms with Crippen molar-refractivity contribution in [1.82, 2.24) is 19.4 Å². The molecule has 202 valence electrons. The SMILES string of the molecule is Cc1nc2ccccc2n1[C@@H]1C[C@H]2CC[C@@H](C1)N2CCC1(c2ccccc2)CCN(C(=O)C(C)(C)C)CC1. The van der Waals surface area contributed by atoms with Gasteiger partial charge < -0.3 is 9.47 Å². The largest absolute Gasteiger partial charge is 0.342 e. The van der Waals surface area contributed by atoms with Crippen molar-refractivity contribution < 1.29 is 4.79 Å². The lowest BCUT2D eigenvalue weighted by Crippen LogP contribution is -2.50.